The van der Waals surface area contributed by atoms with Crippen LogP contribution in [0.4, 0.5) is 5.69 Å². The molecule has 5 heteroatoms. The first-order chi connectivity index (χ1) is 9.47. The fourth-order valence-corrected chi connectivity index (χ4v) is 2.17. The van der Waals surface area contributed by atoms with E-state index in [9.17, 15) is 9.59 Å². The fraction of sp³-hybridized carbons (Fsp3) is 0.267. The van der Waals surface area contributed by atoms with Crippen LogP contribution in [0, 0.1) is 6.92 Å². The third-order valence-electron chi connectivity index (χ3n) is 3.19. The molecule has 0 bridgehead atoms. The minimum atomic E-state index is -1.17. The Labute approximate surface area is 116 Å². The van der Waals surface area contributed by atoms with Crippen LogP contribution < -0.4 is 5.73 Å². The second-order valence-corrected chi connectivity index (χ2v) is 4.81. The number of hydrogen-bond acceptors (Lipinski definition) is 4. The van der Waals surface area contributed by atoms with Crippen LogP contribution in [-0.2, 0) is 9.59 Å². The van der Waals surface area contributed by atoms with Crippen LogP contribution in [0.2, 0.25) is 0 Å². The van der Waals surface area contributed by atoms with Gasteiger partial charge in [0.1, 0.15) is 11.5 Å². The summed E-state index contributed by atoms with van der Waals surface area (Å²) < 4.78 is 0. The molecule has 0 saturated heterocycles. The standard InChI is InChI=1S/C15H16N2O3/c1-9-3-2-4-10(7-9)17-13-8-11(18)5-6-12(13)14(16)15(19)20/h2-4,7H,5-6,8,16H2,1H3,(H,19,20)/b14-12-,17-13?. The Morgan fingerprint density at radius 1 is 1.35 bits per heavy atom. The lowest BCUT2D eigenvalue weighted by atomic mass is 9.90. The SMILES string of the molecule is Cc1cccc(N=C2CC(=O)CC/C2=C(/N)C(=O)O)c1. The molecular weight excluding hydrogens is 256 g/mol. The Kier molecular flexibility index (Phi) is 3.98. The number of hydrogen-bond donors (Lipinski definition) is 2. The predicted molar refractivity (Wildman–Crippen MR) is 76.0 cm³/mol. The number of aliphatic imine (C=N–C) groups is 1. The van der Waals surface area contributed by atoms with Crippen molar-refractivity contribution in [3.63, 3.8) is 0 Å². The molecule has 3 N–H and O–H groups in total. The monoisotopic (exact) mass is 272 g/mol. The number of carbonyl (C=O) groups excluding carboxylic acids is 1. The molecule has 5 nitrogen and oxygen atoms in total. The van der Waals surface area contributed by atoms with Gasteiger partial charge in [-0.3, -0.25) is 9.79 Å². The van der Waals surface area contributed by atoms with Crippen LogP contribution in [0.3, 0.4) is 0 Å². The Balaban J connectivity index is 2.46. The van der Waals surface area contributed by atoms with E-state index in [0.717, 1.165) is 5.56 Å². The molecule has 20 heavy (non-hydrogen) atoms. The Morgan fingerprint density at radius 3 is 2.75 bits per heavy atom. The van der Waals surface area contributed by atoms with E-state index in [1.807, 2.05) is 31.2 Å². The van der Waals surface area contributed by atoms with Crippen LogP contribution >= 0.6 is 0 Å². The highest BCUT2D eigenvalue weighted by Gasteiger charge is 2.24. The molecule has 2 rings (SSSR count). The van der Waals surface area contributed by atoms with Gasteiger partial charge in [-0.05, 0) is 31.0 Å². The first kappa shape index (κ1) is 14.0. The summed E-state index contributed by atoms with van der Waals surface area (Å²) in [5, 5.41) is 9.01. The molecule has 0 radical (unpaired) electrons. The van der Waals surface area contributed by atoms with Gasteiger partial charge in [-0.15, -0.1) is 0 Å². The van der Waals surface area contributed by atoms with E-state index in [1.165, 1.54) is 0 Å². The van der Waals surface area contributed by atoms with Crippen molar-refractivity contribution >= 4 is 23.2 Å². The van der Waals surface area contributed by atoms with Gasteiger partial charge < -0.3 is 10.8 Å². The van der Waals surface area contributed by atoms with Crippen molar-refractivity contribution in [3.8, 4) is 0 Å². The first-order valence-corrected chi connectivity index (χ1v) is 6.35. The molecule has 0 aliphatic heterocycles. The van der Waals surface area contributed by atoms with E-state index in [-0.39, 0.29) is 17.9 Å². The minimum Gasteiger partial charge on any atom is -0.477 e. The summed E-state index contributed by atoms with van der Waals surface area (Å²) in [6.45, 7) is 1.94. The Hall–Kier alpha value is -2.43. The summed E-state index contributed by atoms with van der Waals surface area (Å²) in [5.74, 6) is -1.12. The van der Waals surface area contributed by atoms with Crippen molar-refractivity contribution in [1.82, 2.24) is 0 Å². The van der Waals surface area contributed by atoms with Gasteiger partial charge in [0.2, 0.25) is 0 Å². The highest BCUT2D eigenvalue weighted by atomic mass is 16.4. The number of allylic oxidation sites excluding steroid dienone is 1. The number of Topliss-reactive ketones (excluding diaryl/α,β-unsaturated/α-hetero) is 1. The lowest BCUT2D eigenvalue weighted by molar-refractivity contribution is -0.132. The minimum absolute atomic E-state index is 0.0540. The largest absolute Gasteiger partial charge is 0.477 e. The third-order valence-corrected chi connectivity index (χ3v) is 3.19. The number of carboxylic acids is 1. The summed E-state index contributed by atoms with van der Waals surface area (Å²) in [7, 11) is 0. The summed E-state index contributed by atoms with van der Waals surface area (Å²) in [4.78, 5) is 27.0. The van der Waals surface area contributed by atoms with Crippen LogP contribution in [0.25, 0.3) is 0 Å². The van der Waals surface area contributed by atoms with Crippen molar-refractivity contribution in [3.05, 3.63) is 41.1 Å². The molecule has 0 aromatic heterocycles. The summed E-state index contributed by atoms with van der Waals surface area (Å²) in [6, 6.07) is 7.50. The number of nitrogens with two attached hydrogens (primary N) is 1. The third kappa shape index (κ3) is 3.12. The van der Waals surface area contributed by atoms with Crippen LogP contribution in [0.15, 0.2) is 40.5 Å². The number of nitrogens with zero attached hydrogens (tertiary/aromatic N) is 1. The molecule has 1 aliphatic carbocycles. The molecule has 1 saturated carbocycles. The molecule has 1 fully saturated rings. The molecule has 0 heterocycles. The number of aryl methyl sites for hydroxylation is 1. The zero-order valence-electron chi connectivity index (χ0n) is 11.2. The fourth-order valence-electron chi connectivity index (χ4n) is 2.17. The van der Waals surface area contributed by atoms with Crippen LogP contribution in [0.5, 0.6) is 0 Å². The average molecular weight is 272 g/mol. The number of rotatable bonds is 2. The second-order valence-electron chi connectivity index (χ2n) is 4.81. The van der Waals surface area contributed by atoms with E-state index in [4.69, 9.17) is 10.8 Å². The highest BCUT2D eigenvalue weighted by molar-refractivity contribution is 6.16. The lowest BCUT2D eigenvalue weighted by Gasteiger charge is -2.17. The van der Waals surface area contributed by atoms with Gasteiger partial charge in [0.15, 0.2) is 0 Å². The topological polar surface area (TPSA) is 92.8 Å². The quantitative estimate of drug-likeness (QED) is 0.806. The molecule has 1 aromatic rings. The van der Waals surface area contributed by atoms with Crippen LogP contribution in [-0.4, -0.2) is 22.6 Å². The average Bonchev–Trinajstić information content (AvgIpc) is 2.38. The smallest absolute Gasteiger partial charge is 0.352 e. The van der Waals surface area contributed by atoms with E-state index in [1.54, 1.807) is 0 Å². The van der Waals surface area contributed by atoms with Crippen molar-refractivity contribution in [2.75, 3.05) is 0 Å². The predicted octanol–water partition coefficient (Wildman–Crippen LogP) is 2.12. The van der Waals surface area contributed by atoms with E-state index < -0.39 is 5.97 Å². The Bertz CT molecular complexity index is 630. The summed E-state index contributed by atoms with van der Waals surface area (Å²) in [5.41, 5.74) is 8.06. The normalized spacial score (nSPS) is 20.1. The van der Waals surface area contributed by atoms with Gasteiger partial charge >= 0.3 is 5.97 Å². The first-order valence-electron chi connectivity index (χ1n) is 6.35. The van der Waals surface area contributed by atoms with E-state index in [2.05, 4.69) is 4.99 Å². The maximum Gasteiger partial charge on any atom is 0.352 e. The van der Waals surface area contributed by atoms with E-state index >= 15 is 0 Å². The molecule has 1 aromatic carbocycles. The summed E-state index contributed by atoms with van der Waals surface area (Å²) in [6.07, 6.45) is 0.787. The maximum atomic E-state index is 11.6. The van der Waals surface area contributed by atoms with Gasteiger partial charge in [0, 0.05) is 18.4 Å². The number of benzene rings is 1. The zero-order valence-corrected chi connectivity index (χ0v) is 11.2. The summed E-state index contributed by atoms with van der Waals surface area (Å²) >= 11 is 0. The highest BCUT2D eigenvalue weighted by Crippen LogP contribution is 2.24. The van der Waals surface area contributed by atoms with Gasteiger partial charge in [-0.2, -0.15) is 0 Å². The number of ketones is 1. The molecule has 1 aliphatic rings. The molecular formula is C15H16N2O3. The van der Waals surface area contributed by atoms with Crippen molar-refractivity contribution in [2.24, 2.45) is 10.7 Å². The number of carboxylic acid groups (broad SMARTS) is 1. The molecule has 0 amide bonds. The second kappa shape index (κ2) is 5.69. The van der Waals surface area contributed by atoms with Gasteiger partial charge in [-0.25, -0.2) is 4.79 Å². The Morgan fingerprint density at radius 2 is 2.10 bits per heavy atom. The number of carbonyl (C=O) groups is 2. The van der Waals surface area contributed by atoms with Crippen molar-refractivity contribution < 1.29 is 14.7 Å². The molecule has 0 atom stereocenters. The molecule has 0 spiro atoms. The number of aliphatic carboxylic acids is 1. The van der Waals surface area contributed by atoms with Gasteiger partial charge in [0.25, 0.3) is 0 Å². The van der Waals surface area contributed by atoms with Gasteiger partial charge in [-0.1, -0.05) is 12.1 Å². The van der Waals surface area contributed by atoms with Crippen molar-refractivity contribution in [1.29, 1.82) is 0 Å². The zero-order chi connectivity index (χ0) is 14.7. The van der Waals surface area contributed by atoms with Crippen LogP contribution in [0.1, 0.15) is 24.8 Å². The molecule has 0 unspecified atom stereocenters. The maximum absolute atomic E-state index is 11.6. The lowest BCUT2D eigenvalue weighted by Crippen LogP contribution is -2.24. The van der Waals surface area contributed by atoms with Crippen molar-refractivity contribution in [2.45, 2.75) is 26.2 Å². The van der Waals surface area contributed by atoms with Gasteiger partial charge in [0.05, 0.1) is 11.4 Å². The molecule has 104 valence electrons. The van der Waals surface area contributed by atoms with E-state index in [0.29, 0.717) is 29.8 Å².